The van der Waals surface area contributed by atoms with Crippen molar-refractivity contribution < 1.29 is 13.6 Å². The molecule has 1 saturated heterocycles. The number of nitrogens with zero attached hydrogens (tertiary/aromatic N) is 4. The summed E-state index contributed by atoms with van der Waals surface area (Å²) in [6, 6.07) is 4.52. The predicted molar refractivity (Wildman–Crippen MR) is 90.5 cm³/mol. The summed E-state index contributed by atoms with van der Waals surface area (Å²) in [5.41, 5.74) is 4.59. The highest BCUT2D eigenvalue weighted by atomic mass is 19.3. The van der Waals surface area contributed by atoms with Gasteiger partial charge in [0.05, 0.1) is 12.7 Å². The molecule has 8 heteroatoms. The largest absolute Gasteiger partial charge is 0.310 e. The molecule has 26 heavy (non-hydrogen) atoms. The minimum absolute atomic E-state index is 0.420. The van der Waals surface area contributed by atoms with Gasteiger partial charge in [0.25, 0.3) is 11.8 Å². The van der Waals surface area contributed by atoms with Crippen molar-refractivity contribution in [2.24, 2.45) is 0 Å². The van der Waals surface area contributed by atoms with Crippen LogP contribution in [-0.4, -0.2) is 46.1 Å². The zero-order valence-electron chi connectivity index (χ0n) is 14.2. The van der Waals surface area contributed by atoms with E-state index in [9.17, 15) is 13.6 Å². The van der Waals surface area contributed by atoms with Crippen molar-refractivity contribution in [2.75, 3.05) is 18.0 Å². The van der Waals surface area contributed by atoms with Crippen molar-refractivity contribution in [1.82, 2.24) is 15.1 Å². The second-order valence-electron chi connectivity index (χ2n) is 6.76. The van der Waals surface area contributed by atoms with Crippen molar-refractivity contribution in [1.29, 1.82) is 5.26 Å². The summed E-state index contributed by atoms with van der Waals surface area (Å²) < 4.78 is 27.4. The van der Waals surface area contributed by atoms with Crippen molar-refractivity contribution in [3.8, 4) is 17.3 Å². The number of alkyl halides is 2. The van der Waals surface area contributed by atoms with Crippen molar-refractivity contribution >= 4 is 11.6 Å². The van der Waals surface area contributed by atoms with Gasteiger partial charge in [0.15, 0.2) is 6.19 Å². The molecule has 134 valence electrons. The Labute approximate surface area is 149 Å². The number of H-pyrrole nitrogens is 1. The fraction of sp³-hybridized carbons (Fsp3) is 0.389. The highest BCUT2D eigenvalue weighted by Crippen LogP contribution is 2.39. The second-order valence-corrected chi connectivity index (χ2v) is 6.76. The van der Waals surface area contributed by atoms with Gasteiger partial charge in [0, 0.05) is 29.9 Å². The first kappa shape index (κ1) is 16.5. The first-order valence-electron chi connectivity index (χ1n) is 8.39. The minimum atomic E-state index is -3.02. The van der Waals surface area contributed by atoms with Gasteiger partial charge in [0.2, 0.25) is 0 Å². The summed E-state index contributed by atoms with van der Waals surface area (Å²) in [5.74, 6) is -3.46. The molecule has 1 amide bonds. The molecular formula is C18H17F2N5O. The van der Waals surface area contributed by atoms with Gasteiger partial charge in [-0.2, -0.15) is 10.4 Å². The van der Waals surface area contributed by atoms with E-state index in [1.807, 2.05) is 25.1 Å². The normalized spacial score (nSPS) is 20.9. The first-order chi connectivity index (χ1) is 12.4. The van der Waals surface area contributed by atoms with E-state index in [0.29, 0.717) is 13.0 Å². The molecule has 1 fully saturated rings. The number of benzene rings is 1. The molecule has 1 N–H and O–H groups in total. The molecule has 0 spiro atoms. The van der Waals surface area contributed by atoms with E-state index in [0.717, 1.165) is 33.0 Å². The summed E-state index contributed by atoms with van der Waals surface area (Å²) in [7, 11) is 0. The topological polar surface area (TPSA) is 76.0 Å². The summed E-state index contributed by atoms with van der Waals surface area (Å²) in [5, 5.41) is 16.1. The van der Waals surface area contributed by atoms with Gasteiger partial charge >= 0.3 is 0 Å². The molecule has 1 aromatic carbocycles. The van der Waals surface area contributed by atoms with Gasteiger partial charge in [-0.15, -0.1) is 0 Å². The Morgan fingerprint density at radius 1 is 1.42 bits per heavy atom. The number of anilines is 1. The Hall–Kier alpha value is -2.95. The average Bonchev–Trinajstić information content (AvgIpc) is 3.30. The lowest BCUT2D eigenvalue weighted by atomic mass is 9.98. The Bertz CT molecular complexity index is 917. The summed E-state index contributed by atoms with van der Waals surface area (Å²) in [6.07, 6.45) is 3.49. The smallest absolute Gasteiger partial charge is 0.268 e. The first-order valence-corrected chi connectivity index (χ1v) is 8.39. The van der Waals surface area contributed by atoms with E-state index in [1.54, 1.807) is 12.4 Å². The number of nitrogens with one attached hydrogen (secondary N) is 1. The van der Waals surface area contributed by atoms with Crippen LogP contribution in [0.4, 0.5) is 14.5 Å². The molecule has 0 saturated carbocycles. The van der Waals surface area contributed by atoms with Gasteiger partial charge in [0.1, 0.15) is 6.04 Å². The molecule has 1 atom stereocenters. The third kappa shape index (κ3) is 2.51. The number of carbonyl (C=O) groups is 1. The Morgan fingerprint density at radius 3 is 2.92 bits per heavy atom. The number of hydrogen-bond acceptors (Lipinski definition) is 4. The third-order valence-electron chi connectivity index (χ3n) is 5.10. The van der Waals surface area contributed by atoms with Crippen LogP contribution in [-0.2, 0) is 11.2 Å². The Kier molecular flexibility index (Phi) is 3.68. The number of fused-ring (bicyclic) bond motifs is 1. The van der Waals surface area contributed by atoms with Crippen LogP contribution in [0.3, 0.4) is 0 Å². The average molecular weight is 357 g/mol. The van der Waals surface area contributed by atoms with Gasteiger partial charge in [-0.05, 0) is 30.5 Å². The zero-order chi connectivity index (χ0) is 18.5. The lowest BCUT2D eigenvalue weighted by Crippen LogP contribution is -2.43. The van der Waals surface area contributed by atoms with E-state index in [4.69, 9.17) is 5.26 Å². The number of aryl methyl sites for hydroxylation is 1. The maximum Gasteiger partial charge on any atom is 0.268 e. The van der Waals surface area contributed by atoms with Crippen LogP contribution in [0, 0.1) is 18.4 Å². The number of aromatic nitrogens is 2. The van der Waals surface area contributed by atoms with E-state index in [1.165, 1.54) is 4.90 Å². The highest BCUT2D eigenvalue weighted by Gasteiger charge is 2.49. The third-order valence-corrected chi connectivity index (χ3v) is 5.10. The van der Waals surface area contributed by atoms with Crippen molar-refractivity contribution in [3.05, 3.63) is 35.7 Å². The number of carbonyl (C=O) groups excluding carboxylic acids is 1. The molecule has 1 aromatic heterocycles. The number of amides is 1. The molecule has 1 unspecified atom stereocenters. The quantitative estimate of drug-likeness (QED) is 0.838. The number of hydrogen-bond donors (Lipinski definition) is 1. The summed E-state index contributed by atoms with van der Waals surface area (Å²) in [4.78, 5) is 15.3. The summed E-state index contributed by atoms with van der Waals surface area (Å²) >= 11 is 0. The number of likely N-dealkylation sites (tertiary alicyclic amines) is 1. The van der Waals surface area contributed by atoms with E-state index < -0.39 is 30.8 Å². The van der Waals surface area contributed by atoms with Gasteiger partial charge in [-0.25, -0.2) is 8.78 Å². The van der Waals surface area contributed by atoms with E-state index >= 15 is 0 Å². The van der Waals surface area contributed by atoms with Crippen LogP contribution in [0.25, 0.3) is 11.1 Å². The van der Waals surface area contributed by atoms with E-state index in [2.05, 4.69) is 10.2 Å². The number of aromatic amines is 1. The van der Waals surface area contributed by atoms with Crippen LogP contribution in [0.1, 0.15) is 17.7 Å². The fourth-order valence-corrected chi connectivity index (χ4v) is 3.86. The minimum Gasteiger partial charge on any atom is -0.310 e. The number of halogens is 2. The summed E-state index contributed by atoms with van der Waals surface area (Å²) in [6.45, 7) is 1.64. The maximum absolute atomic E-state index is 13.7. The Balaban J connectivity index is 1.68. The zero-order valence-corrected chi connectivity index (χ0v) is 14.2. The number of nitriles is 1. The van der Waals surface area contributed by atoms with Crippen LogP contribution in [0.15, 0.2) is 24.4 Å². The van der Waals surface area contributed by atoms with Crippen LogP contribution >= 0.6 is 0 Å². The van der Waals surface area contributed by atoms with Crippen LogP contribution in [0.5, 0.6) is 0 Å². The molecule has 4 rings (SSSR count). The van der Waals surface area contributed by atoms with Gasteiger partial charge in [-0.3, -0.25) is 14.8 Å². The van der Waals surface area contributed by atoms with Crippen LogP contribution < -0.4 is 4.90 Å². The maximum atomic E-state index is 13.7. The van der Waals surface area contributed by atoms with Crippen LogP contribution in [0.2, 0.25) is 0 Å². The monoisotopic (exact) mass is 357 g/mol. The SMILES string of the molecule is Cc1[nH]ncc1-c1cccc2c1CCN2C(=O)C1CC(F)(F)CN1C#N. The molecule has 2 aromatic rings. The standard InChI is InChI=1S/C18H17F2N5O/c1-11-14(8-22-23-11)12-3-2-4-15-13(12)5-6-25(15)17(26)16-7-18(19,20)9-24(16)10-21/h2-4,8,16H,5-7,9H2,1H3,(H,22,23). The second kappa shape index (κ2) is 5.80. The molecule has 0 aliphatic carbocycles. The molecule has 0 bridgehead atoms. The predicted octanol–water partition coefficient (Wildman–Crippen LogP) is 2.46. The van der Waals surface area contributed by atoms with Gasteiger partial charge in [-0.1, -0.05) is 12.1 Å². The fourth-order valence-electron chi connectivity index (χ4n) is 3.86. The Morgan fingerprint density at radius 2 is 2.23 bits per heavy atom. The van der Waals surface area contributed by atoms with E-state index in [-0.39, 0.29) is 0 Å². The highest BCUT2D eigenvalue weighted by molar-refractivity contribution is 6.00. The van der Waals surface area contributed by atoms with Gasteiger partial charge < -0.3 is 4.90 Å². The van der Waals surface area contributed by atoms with Crippen molar-refractivity contribution in [2.45, 2.75) is 31.7 Å². The molecule has 2 aliphatic rings. The molecule has 3 heterocycles. The lowest BCUT2D eigenvalue weighted by molar-refractivity contribution is -0.122. The molecule has 2 aliphatic heterocycles. The number of rotatable bonds is 2. The molecule has 0 radical (unpaired) electrons. The lowest BCUT2D eigenvalue weighted by Gasteiger charge is -2.24. The molecule has 6 nitrogen and oxygen atoms in total. The van der Waals surface area contributed by atoms with Crippen molar-refractivity contribution in [3.63, 3.8) is 0 Å². The molecular weight excluding hydrogens is 340 g/mol.